The molecule has 8 nitrogen and oxygen atoms in total. The molecule has 2 amide bonds. The first-order valence-electron chi connectivity index (χ1n) is 12.3. The minimum Gasteiger partial charge on any atom is -0.481 e. The lowest BCUT2D eigenvalue weighted by Gasteiger charge is -2.34. The Kier molecular flexibility index (Phi) is 8.97. The number of nitrogens with two attached hydrogens (primary N) is 1. The minimum atomic E-state index is -0.0977. The molecule has 0 bridgehead atoms. The topological polar surface area (TPSA) is 100 Å². The number of hydrogen-bond donors (Lipinski definition) is 2. The summed E-state index contributed by atoms with van der Waals surface area (Å²) in [6.07, 6.45) is 7.86. The molecule has 0 aromatic heterocycles. The lowest BCUT2D eigenvalue weighted by Crippen LogP contribution is -2.46. The molecule has 1 aromatic rings. The number of guanidine groups is 1. The van der Waals surface area contributed by atoms with Gasteiger partial charge in [0, 0.05) is 30.7 Å². The predicted octanol–water partition coefficient (Wildman–Crippen LogP) is 3.31. The van der Waals surface area contributed by atoms with Crippen molar-refractivity contribution in [3.8, 4) is 5.75 Å². The van der Waals surface area contributed by atoms with Crippen molar-refractivity contribution in [1.29, 1.82) is 0 Å². The molecule has 0 saturated heterocycles. The number of unbranched alkanes of at least 4 members (excludes halogenated alkanes) is 1. The van der Waals surface area contributed by atoms with Crippen molar-refractivity contribution >= 4 is 23.5 Å². The highest BCUT2D eigenvalue weighted by Gasteiger charge is 2.26. The van der Waals surface area contributed by atoms with Gasteiger partial charge < -0.3 is 25.6 Å². The number of carbonyl (C=O) groups is 2. The van der Waals surface area contributed by atoms with Crippen molar-refractivity contribution in [2.75, 3.05) is 19.7 Å². The molecule has 182 valence electrons. The van der Waals surface area contributed by atoms with Crippen LogP contribution in [0, 0.1) is 0 Å². The normalized spacial score (nSPS) is 16.2. The summed E-state index contributed by atoms with van der Waals surface area (Å²) >= 11 is 0. The highest BCUT2D eigenvalue weighted by Crippen LogP contribution is 2.35. The first-order chi connectivity index (χ1) is 15.9. The largest absolute Gasteiger partial charge is 0.481 e. The monoisotopic (exact) mass is 457 g/mol. The smallest absolute Gasteiger partial charge is 0.260 e. The van der Waals surface area contributed by atoms with Gasteiger partial charge in [0.1, 0.15) is 11.4 Å². The van der Waals surface area contributed by atoms with Gasteiger partial charge in [0.2, 0.25) is 5.91 Å². The van der Waals surface area contributed by atoms with E-state index in [1.807, 2.05) is 36.9 Å². The number of fused-ring (bicyclic) bond motifs is 1. The Morgan fingerprint density at radius 3 is 2.73 bits per heavy atom. The number of nitrogens with one attached hydrogen (secondary N) is 1. The van der Waals surface area contributed by atoms with Crippen LogP contribution in [-0.2, 0) is 16.1 Å². The van der Waals surface area contributed by atoms with E-state index in [-0.39, 0.29) is 37.0 Å². The van der Waals surface area contributed by atoms with Crippen LogP contribution in [0.25, 0.3) is 0 Å². The van der Waals surface area contributed by atoms with Crippen LogP contribution in [0.3, 0.4) is 0 Å². The fourth-order valence-corrected chi connectivity index (χ4v) is 4.54. The Hall–Kier alpha value is -2.77. The molecule has 0 unspecified atom stereocenters. The van der Waals surface area contributed by atoms with Gasteiger partial charge in [-0.3, -0.25) is 9.59 Å². The fourth-order valence-electron chi connectivity index (χ4n) is 4.54. The third kappa shape index (κ3) is 6.85. The van der Waals surface area contributed by atoms with Gasteiger partial charge in [-0.25, -0.2) is 4.99 Å². The summed E-state index contributed by atoms with van der Waals surface area (Å²) in [7, 11) is 0. The van der Waals surface area contributed by atoms with E-state index >= 15 is 0 Å². The maximum Gasteiger partial charge on any atom is 0.260 e. The van der Waals surface area contributed by atoms with E-state index in [0.717, 1.165) is 37.8 Å². The van der Waals surface area contributed by atoms with E-state index in [1.54, 1.807) is 4.90 Å². The Bertz CT molecular complexity index is 848. The molecule has 1 heterocycles. The molecule has 0 spiro atoms. The van der Waals surface area contributed by atoms with Crippen molar-refractivity contribution in [3.05, 3.63) is 23.8 Å². The number of rotatable bonds is 10. The molecule has 1 aliphatic carbocycles. The second-order valence-electron chi connectivity index (χ2n) is 9.33. The van der Waals surface area contributed by atoms with Crippen molar-refractivity contribution in [3.63, 3.8) is 0 Å². The van der Waals surface area contributed by atoms with Gasteiger partial charge in [-0.15, -0.1) is 0 Å². The number of carbonyl (C=O) groups excluding carboxylic acids is 2. The number of ether oxygens (including phenoxy) is 1. The second kappa shape index (κ2) is 11.9. The lowest BCUT2D eigenvalue weighted by molar-refractivity contribution is -0.136. The van der Waals surface area contributed by atoms with Gasteiger partial charge >= 0.3 is 0 Å². The average Bonchev–Trinajstić information content (AvgIpc) is 2.78. The van der Waals surface area contributed by atoms with E-state index in [0.29, 0.717) is 24.0 Å². The van der Waals surface area contributed by atoms with Crippen molar-refractivity contribution < 1.29 is 14.3 Å². The molecule has 1 saturated carbocycles. The molecule has 0 radical (unpaired) electrons. The highest BCUT2D eigenvalue weighted by atomic mass is 16.5. The molecule has 1 aromatic carbocycles. The number of hydrogen-bond acceptors (Lipinski definition) is 6. The molecule has 3 N–H and O–H groups in total. The van der Waals surface area contributed by atoms with Gasteiger partial charge in [-0.2, -0.15) is 0 Å². The first-order valence-corrected chi connectivity index (χ1v) is 12.3. The highest BCUT2D eigenvalue weighted by molar-refractivity contribution is 5.89. The summed E-state index contributed by atoms with van der Waals surface area (Å²) in [4.78, 5) is 33.6. The first kappa shape index (κ1) is 24.9. The molecular weight excluding hydrogens is 418 g/mol. The van der Waals surface area contributed by atoms with Crippen molar-refractivity contribution in [2.45, 2.75) is 84.3 Å². The van der Waals surface area contributed by atoms with Crippen LogP contribution in [-0.4, -0.2) is 59.4 Å². The Morgan fingerprint density at radius 2 is 2.03 bits per heavy atom. The van der Waals surface area contributed by atoms with Crippen LogP contribution in [0.5, 0.6) is 5.75 Å². The number of para-hydroxylation sites is 1. The molecule has 33 heavy (non-hydrogen) atoms. The lowest BCUT2D eigenvalue weighted by atomic mass is 9.94. The molecule has 1 fully saturated rings. The van der Waals surface area contributed by atoms with Gasteiger partial charge in [0.05, 0.1) is 6.54 Å². The van der Waals surface area contributed by atoms with Crippen LogP contribution in [0.15, 0.2) is 23.2 Å². The van der Waals surface area contributed by atoms with Crippen molar-refractivity contribution in [2.24, 2.45) is 10.7 Å². The third-order valence-electron chi connectivity index (χ3n) is 6.22. The van der Waals surface area contributed by atoms with E-state index < -0.39 is 0 Å². The Balaban J connectivity index is 1.66. The number of aliphatic imine (C=N–C) groups is 1. The Labute approximate surface area is 197 Å². The summed E-state index contributed by atoms with van der Waals surface area (Å²) in [6, 6.07) is 6.04. The molecular formula is C25H39N5O3. The van der Waals surface area contributed by atoms with Gasteiger partial charge in [0.25, 0.3) is 5.91 Å². The zero-order chi connectivity index (χ0) is 23.8. The summed E-state index contributed by atoms with van der Waals surface area (Å²) in [5.41, 5.74) is 7.72. The molecule has 3 rings (SSSR count). The molecule has 0 atom stereocenters. The predicted molar refractivity (Wildman–Crippen MR) is 130 cm³/mol. The minimum absolute atomic E-state index is 0.00734. The summed E-state index contributed by atoms with van der Waals surface area (Å²) in [5.74, 6) is 0.761. The number of nitrogens with zero attached hydrogens (tertiary/aromatic N) is 3. The number of benzene rings is 1. The van der Waals surface area contributed by atoms with Gasteiger partial charge in [-0.1, -0.05) is 44.7 Å². The van der Waals surface area contributed by atoms with Gasteiger partial charge in [-0.05, 0) is 39.2 Å². The summed E-state index contributed by atoms with van der Waals surface area (Å²) in [5, 5.41) is 2.87. The molecule has 8 heteroatoms. The molecule has 2 aliphatic rings. The SMILES string of the molecule is CCCCN(C(=O)COc1cccc2c1N=C(N)N(CC(=O)NC(C)C)C2)C1CCCCC1. The maximum atomic E-state index is 13.1. The van der Waals surface area contributed by atoms with Crippen LogP contribution >= 0.6 is 0 Å². The molecule has 1 aliphatic heterocycles. The second-order valence-corrected chi connectivity index (χ2v) is 9.33. The van der Waals surface area contributed by atoms with E-state index in [1.165, 1.54) is 19.3 Å². The number of amides is 2. The average molecular weight is 458 g/mol. The van der Waals surface area contributed by atoms with Crippen LogP contribution < -0.4 is 15.8 Å². The Morgan fingerprint density at radius 1 is 1.27 bits per heavy atom. The summed E-state index contributed by atoms with van der Waals surface area (Å²) < 4.78 is 5.98. The maximum absolute atomic E-state index is 13.1. The summed E-state index contributed by atoms with van der Waals surface area (Å²) in [6.45, 7) is 7.37. The van der Waals surface area contributed by atoms with E-state index in [4.69, 9.17) is 10.5 Å². The quantitative estimate of drug-likeness (QED) is 0.561. The van der Waals surface area contributed by atoms with E-state index in [9.17, 15) is 9.59 Å². The fraction of sp³-hybridized carbons (Fsp3) is 0.640. The van der Waals surface area contributed by atoms with Crippen LogP contribution in [0.4, 0.5) is 5.69 Å². The standard InChI is InChI=1S/C25H39N5O3/c1-4-5-14-30(20-11-7-6-8-12-20)23(32)17-33-21-13-9-10-19-15-29(25(26)28-24(19)21)16-22(31)27-18(2)3/h9-10,13,18,20H,4-8,11-12,14-17H2,1-3H3,(H2,26,28)(H,27,31). The third-order valence-corrected chi connectivity index (χ3v) is 6.22. The van der Waals surface area contributed by atoms with Gasteiger partial charge in [0.15, 0.2) is 12.6 Å². The van der Waals surface area contributed by atoms with Crippen molar-refractivity contribution in [1.82, 2.24) is 15.1 Å². The van der Waals surface area contributed by atoms with Crippen LogP contribution in [0.2, 0.25) is 0 Å². The van der Waals surface area contributed by atoms with E-state index in [2.05, 4.69) is 17.2 Å². The van der Waals surface area contributed by atoms with Crippen LogP contribution in [0.1, 0.15) is 71.3 Å². The zero-order valence-electron chi connectivity index (χ0n) is 20.3. The zero-order valence-corrected chi connectivity index (χ0v) is 20.3.